The summed E-state index contributed by atoms with van der Waals surface area (Å²) in [5, 5.41) is 6.86. The van der Waals surface area contributed by atoms with Crippen LogP contribution in [-0.4, -0.2) is 64.0 Å². The molecule has 172 valence electrons. The molecule has 1 aliphatic heterocycles. The first kappa shape index (κ1) is 22.1. The fraction of sp³-hybridized carbons (Fsp3) is 0.304. The highest BCUT2D eigenvalue weighted by Crippen LogP contribution is 2.17. The van der Waals surface area contributed by atoms with E-state index < -0.39 is 0 Å². The highest BCUT2D eigenvalue weighted by Gasteiger charge is 2.27. The van der Waals surface area contributed by atoms with Gasteiger partial charge in [0.2, 0.25) is 11.8 Å². The number of aryl methyl sites for hydroxylation is 1. The minimum absolute atomic E-state index is 0.0213. The van der Waals surface area contributed by atoms with Crippen LogP contribution in [0.15, 0.2) is 53.4 Å². The first-order chi connectivity index (χ1) is 15.9. The van der Waals surface area contributed by atoms with Crippen molar-refractivity contribution in [3.63, 3.8) is 0 Å². The van der Waals surface area contributed by atoms with Gasteiger partial charge in [-0.25, -0.2) is 0 Å². The number of benzene rings is 1. The number of nitrogens with one attached hydrogen (secondary N) is 1. The maximum Gasteiger partial charge on any atom is 0.259 e. The van der Waals surface area contributed by atoms with Gasteiger partial charge in [0, 0.05) is 25.8 Å². The van der Waals surface area contributed by atoms with E-state index >= 15 is 0 Å². The summed E-state index contributed by atoms with van der Waals surface area (Å²) < 4.78 is 11.8. The number of piperazine rings is 1. The van der Waals surface area contributed by atoms with Crippen molar-refractivity contribution < 1.29 is 23.5 Å². The first-order valence-corrected chi connectivity index (χ1v) is 10.5. The van der Waals surface area contributed by atoms with Gasteiger partial charge in [-0.15, -0.1) is 0 Å². The Balaban J connectivity index is 1.29. The van der Waals surface area contributed by atoms with E-state index in [1.807, 2.05) is 24.3 Å². The van der Waals surface area contributed by atoms with Gasteiger partial charge in [0.25, 0.3) is 5.91 Å². The summed E-state index contributed by atoms with van der Waals surface area (Å²) in [5.41, 5.74) is 1.87. The fourth-order valence-corrected chi connectivity index (χ4v) is 3.65. The number of nitrogens with zero attached hydrogens (tertiary/aromatic N) is 4. The molecular weight excluding hydrogens is 426 g/mol. The van der Waals surface area contributed by atoms with E-state index in [1.54, 1.807) is 31.2 Å². The third-order valence-corrected chi connectivity index (χ3v) is 5.47. The van der Waals surface area contributed by atoms with E-state index in [2.05, 4.69) is 10.4 Å². The summed E-state index contributed by atoms with van der Waals surface area (Å²) >= 11 is 0. The molecule has 0 radical (unpaired) electrons. The number of carbonyl (C=O) groups excluding carboxylic acids is 3. The molecule has 3 amide bonds. The Bertz CT molecular complexity index is 1170. The minimum atomic E-state index is -0.315. The molecule has 0 aliphatic carbocycles. The van der Waals surface area contributed by atoms with Crippen LogP contribution < -0.4 is 10.1 Å². The lowest BCUT2D eigenvalue weighted by atomic mass is 10.2. The van der Waals surface area contributed by atoms with Gasteiger partial charge in [0.15, 0.2) is 0 Å². The van der Waals surface area contributed by atoms with Crippen LogP contribution in [-0.2, 0) is 22.7 Å². The van der Waals surface area contributed by atoms with Gasteiger partial charge < -0.3 is 24.3 Å². The highest BCUT2D eigenvalue weighted by molar-refractivity contribution is 6.04. The second-order valence-corrected chi connectivity index (χ2v) is 7.75. The molecule has 3 heterocycles. The quantitative estimate of drug-likeness (QED) is 0.588. The van der Waals surface area contributed by atoms with Crippen molar-refractivity contribution in [2.75, 3.05) is 32.1 Å². The van der Waals surface area contributed by atoms with E-state index in [0.717, 1.165) is 11.3 Å². The van der Waals surface area contributed by atoms with Gasteiger partial charge in [0.1, 0.15) is 18.1 Å². The van der Waals surface area contributed by atoms with E-state index in [0.29, 0.717) is 36.6 Å². The summed E-state index contributed by atoms with van der Waals surface area (Å²) in [6.45, 7) is 3.06. The van der Waals surface area contributed by atoms with Crippen molar-refractivity contribution in [3.05, 3.63) is 65.9 Å². The smallest absolute Gasteiger partial charge is 0.259 e. The number of aromatic nitrogens is 2. The number of ether oxygens (including phenoxy) is 1. The normalized spacial score (nSPS) is 13.8. The standard InChI is InChI=1S/C23H25N5O5/c1-16-20(6-9-33-16)23(31)25-18-11-24-28(13-18)15-22(30)27-8-7-26(21(29)14-27)12-17-4-3-5-19(10-17)32-2/h3-6,9-11,13H,7-8,12,14-15H2,1-2H3,(H,25,31). The van der Waals surface area contributed by atoms with Crippen LogP contribution in [0.4, 0.5) is 5.69 Å². The Morgan fingerprint density at radius 2 is 2.09 bits per heavy atom. The molecule has 4 rings (SSSR count). The molecule has 0 spiro atoms. The van der Waals surface area contributed by atoms with E-state index in [1.165, 1.54) is 22.0 Å². The van der Waals surface area contributed by atoms with Crippen LogP contribution in [0.25, 0.3) is 0 Å². The zero-order valence-electron chi connectivity index (χ0n) is 18.5. The Labute approximate surface area is 190 Å². The SMILES string of the molecule is COc1cccc(CN2CCN(C(=O)Cn3cc(NC(=O)c4ccoc4C)cn3)CC2=O)c1. The molecule has 1 N–H and O–H groups in total. The van der Waals surface area contributed by atoms with Gasteiger partial charge in [0.05, 0.1) is 37.4 Å². The molecule has 1 fully saturated rings. The number of hydrogen-bond acceptors (Lipinski definition) is 6. The number of hydrogen-bond donors (Lipinski definition) is 1. The lowest BCUT2D eigenvalue weighted by Gasteiger charge is -2.34. The first-order valence-electron chi connectivity index (χ1n) is 10.5. The zero-order valence-corrected chi connectivity index (χ0v) is 18.5. The average Bonchev–Trinajstić information content (AvgIpc) is 3.43. The largest absolute Gasteiger partial charge is 0.497 e. The number of furan rings is 1. The zero-order chi connectivity index (χ0) is 23.4. The predicted molar refractivity (Wildman–Crippen MR) is 119 cm³/mol. The molecule has 1 saturated heterocycles. The molecule has 1 aromatic carbocycles. The number of amides is 3. The fourth-order valence-electron chi connectivity index (χ4n) is 3.65. The average molecular weight is 451 g/mol. The van der Waals surface area contributed by atoms with Gasteiger partial charge in [-0.2, -0.15) is 5.10 Å². The summed E-state index contributed by atoms with van der Waals surface area (Å²) in [6.07, 6.45) is 4.49. The van der Waals surface area contributed by atoms with Gasteiger partial charge >= 0.3 is 0 Å². The molecule has 0 unspecified atom stereocenters. The topological polar surface area (TPSA) is 110 Å². The lowest BCUT2D eigenvalue weighted by molar-refractivity contribution is -0.146. The molecule has 33 heavy (non-hydrogen) atoms. The summed E-state index contributed by atoms with van der Waals surface area (Å²) in [4.78, 5) is 40.8. The van der Waals surface area contributed by atoms with Crippen molar-refractivity contribution >= 4 is 23.4 Å². The van der Waals surface area contributed by atoms with Crippen LogP contribution in [0, 0.1) is 6.92 Å². The third-order valence-electron chi connectivity index (χ3n) is 5.47. The second kappa shape index (κ2) is 9.60. The Hall–Kier alpha value is -4.08. The molecule has 2 aromatic heterocycles. The van der Waals surface area contributed by atoms with E-state index in [4.69, 9.17) is 9.15 Å². The molecule has 10 nitrogen and oxygen atoms in total. The third kappa shape index (κ3) is 5.22. The van der Waals surface area contributed by atoms with Crippen molar-refractivity contribution in [2.45, 2.75) is 20.0 Å². The summed E-state index contributed by atoms with van der Waals surface area (Å²) in [7, 11) is 1.60. The summed E-state index contributed by atoms with van der Waals surface area (Å²) in [6, 6.07) is 9.16. The van der Waals surface area contributed by atoms with Crippen LogP contribution in [0.2, 0.25) is 0 Å². The van der Waals surface area contributed by atoms with E-state index in [-0.39, 0.29) is 30.8 Å². The maximum atomic E-state index is 12.7. The summed E-state index contributed by atoms with van der Waals surface area (Å²) in [5.74, 6) is 0.621. The maximum absolute atomic E-state index is 12.7. The van der Waals surface area contributed by atoms with Gasteiger partial charge in [-0.3, -0.25) is 19.1 Å². The Morgan fingerprint density at radius 3 is 2.82 bits per heavy atom. The molecule has 3 aromatic rings. The molecular formula is C23H25N5O5. The molecule has 0 bridgehead atoms. The Morgan fingerprint density at radius 1 is 1.24 bits per heavy atom. The van der Waals surface area contributed by atoms with Crippen molar-refractivity contribution in [2.24, 2.45) is 0 Å². The van der Waals surface area contributed by atoms with Gasteiger partial charge in [-0.1, -0.05) is 12.1 Å². The second-order valence-electron chi connectivity index (χ2n) is 7.75. The number of methoxy groups -OCH3 is 1. The molecule has 0 saturated carbocycles. The number of anilines is 1. The van der Waals surface area contributed by atoms with Crippen LogP contribution in [0.5, 0.6) is 5.75 Å². The molecule has 0 atom stereocenters. The Kier molecular flexibility index (Phi) is 6.43. The monoisotopic (exact) mass is 451 g/mol. The van der Waals surface area contributed by atoms with E-state index in [9.17, 15) is 14.4 Å². The minimum Gasteiger partial charge on any atom is -0.497 e. The van der Waals surface area contributed by atoms with Gasteiger partial charge in [-0.05, 0) is 30.7 Å². The van der Waals surface area contributed by atoms with Crippen LogP contribution in [0.1, 0.15) is 21.7 Å². The molecule has 1 aliphatic rings. The predicted octanol–water partition coefficient (Wildman–Crippen LogP) is 1.92. The number of rotatable bonds is 7. The number of carbonyl (C=O) groups is 3. The molecule has 10 heteroatoms. The lowest BCUT2D eigenvalue weighted by Crippen LogP contribution is -2.52. The van der Waals surface area contributed by atoms with Crippen molar-refractivity contribution in [3.8, 4) is 5.75 Å². The van der Waals surface area contributed by atoms with Crippen LogP contribution >= 0.6 is 0 Å². The van der Waals surface area contributed by atoms with Crippen LogP contribution in [0.3, 0.4) is 0 Å². The highest BCUT2D eigenvalue weighted by atomic mass is 16.5. The van der Waals surface area contributed by atoms with Crippen molar-refractivity contribution in [1.82, 2.24) is 19.6 Å². The van der Waals surface area contributed by atoms with Crippen molar-refractivity contribution in [1.29, 1.82) is 0 Å².